The van der Waals surface area contributed by atoms with E-state index in [0.717, 1.165) is 16.2 Å². The van der Waals surface area contributed by atoms with Gasteiger partial charge in [-0.1, -0.05) is 30.6 Å². The molecular weight excluding hydrogens is 627 g/mol. The molecule has 4 radical (unpaired) electrons. The van der Waals surface area contributed by atoms with Crippen LogP contribution in [0.3, 0.4) is 0 Å². The maximum Gasteiger partial charge on any atom is 0.378 e. The highest BCUT2D eigenvalue weighted by Crippen LogP contribution is 2.39. The molecule has 1 saturated heterocycles. The molecule has 0 saturated carbocycles. The van der Waals surface area contributed by atoms with Crippen LogP contribution in [0.2, 0.25) is 4.34 Å². The molecule has 3 rings (SSSR count). The minimum absolute atomic E-state index is 0.0186. The zero-order valence-electron chi connectivity index (χ0n) is 23.9. The molecule has 43 heavy (non-hydrogen) atoms. The number of Topliss-reactive ketones (excluding diaryl/α,β-unsaturated/α-hetero) is 1. The lowest BCUT2D eigenvalue weighted by molar-refractivity contribution is -0.193. The zero-order valence-corrected chi connectivity index (χ0v) is 26.2. The Hall–Kier alpha value is -2.94. The number of aromatic nitrogens is 1. The second-order valence-electron chi connectivity index (χ2n) is 10.8. The van der Waals surface area contributed by atoms with Crippen molar-refractivity contribution in [2.24, 2.45) is 17.0 Å². The monoisotopic (exact) mass is 653 g/mol. The van der Waals surface area contributed by atoms with Crippen molar-refractivity contribution >= 4 is 85.9 Å². The van der Waals surface area contributed by atoms with Gasteiger partial charge in [0.15, 0.2) is 11.5 Å². The van der Waals surface area contributed by atoms with Gasteiger partial charge in [-0.2, -0.15) is 0 Å². The number of ether oxygens (including phenoxy) is 2. The maximum absolute atomic E-state index is 13.6. The van der Waals surface area contributed by atoms with Crippen LogP contribution in [0.4, 0.5) is 0 Å². The molecule has 1 aromatic heterocycles. The van der Waals surface area contributed by atoms with Gasteiger partial charge in [0.25, 0.3) is 0 Å². The summed E-state index contributed by atoms with van der Waals surface area (Å²) in [5.41, 5.74) is -1.21. The third-order valence-corrected chi connectivity index (χ3v) is 7.65. The first kappa shape index (κ1) is 34.5. The van der Waals surface area contributed by atoms with Gasteiger partial charge in [-0.05, 0) is 20.8 Å². The molecule has 0 spiro atoms. The van der Waals surface area contributed by atoms with Crippen LogP contribution in [0.1, 0.15) is 51.7 Å². The highest BCUT2D eigenvalue weighted by Gasteiger charge is 2.55. The summed E-state index contributed by atoms with van der Waals surface area (Å²) in [5, 5.41) is 4.10. The van der Waals surface area contributed by atoms with Gasteiger partial charge in [-0.15, -0.1) is 22.9 Å². The predicted molar refractivity (Wildman–Crippen MR) is 154 cm³/mol. The summed E-state index contributed by atoms with van der Waals surface area (Å²) in [7, 11) is 10.0. The molecule has 1 fully saturated rings. The Balaban J connectivity index is 1.92. The van der Waals surface area contributed by atoms with Crippen LogP contribution in [0.25, 0.3) is 0 Å². The van der Waals surface area contributed by atoms with E-state index in [1.165, 1.54) is 0 Å². The molecule has 0 aliphatic carbocycles. The Morgan fingerprint density at radius 2 is 1.88 bits per heavy atom. The van der Waals surface area contributed by atoms with Crippen LogP contribution in [-0.2, 0) is 54.0 Å². The molecule has 2 aliphatic rings. The Labute approximate surface area is 264 Å². The van der Waals surface area contributed by atoms with Crippen molar-refractivity contribution in [2.45, 2.75) is 65.4 Å². The van der Waals surface area contributed by atoms with Crippen LogP contribution in [0.15, 0.2) is 16.4 Å². The lowest BCUT2D eigenvalue weighted by atomic mass is 9.86. The molecular formula is C25H27B2Cl2N3O10S. The Morgan fingerprint density at radius 1 is 1.21 bits per heavy atom. The van der Waals surface area contributed by atoms with Crippen molar-refractivity contribution in [2.75, 3.05) is 12.5 Å². The Kier molecular flexibility index (Phi) is 11.4. The molecule has 3 atom stereocenters. The SMILES string of the molecule is [B]OC(=O)C1=C(CCl)CO[C@@H]2[C@H](CC(=O)/C(=N/O[C@H](C(=O)O[B])C(C)C)c3nc(CC(=O)OC(C)(C)C)sc3Cl)C(=O)N12. The summed E-state index contributed by atoms with van der Waals surface area (Å²) >= 11 is 13.2. The van der Waals surface area contributed by atoms with Crippen LogP contribution in [0.5, 0.6) is 0 Å². The third kappa shape index (κ3) is 7.97. The second kappa shape index (κ2) is 14.2. The van der Waals surface area contributed by atoms with E-state index in [1.807, 2.05) is 0 Å². The van der Waals surface area contributed by atoms with E-state index in [-0.39, 0.29) is 45.2 Å². The lowest BCUT2D eigenvalue weighted by Crippen LogP contribution is -2.65. The first-order valence-electron chi connectivity index (χ1n) is 12.8. The molecule has 0 N–H and O–H groups in total. The van der Waals surface area contributed by atoms with Crippen molar-refractivity contribution in [1.82, 2.24) is 9.88 Å². The number of carbonyl (C=O) groups is 5. The molecule has 0 bridgehead atoms. The van der Waals surface area contributed by atoms with E-state index in [1.54, 1.807) is 34.6 Å². The minimum atomic E-state index is -1.31. The van der Waals surface area contributed by atoms with E-state index in [2.05, 4.69) is 19.4 Å². The number of ketones is 1. The van der Waals surface area contributed by atoms with Gasteiger partial charge in [0.1, 0.15) is 32.6 Å². The molecule has 13 nitrogen and oxygen atoms in total. The summed E-state index contributed by atoms with van der Waals surface area (Å²) in [6, 6.07) is 0. The summed E-state index contributed by atoms with van der Waals surface area (Å²) in [6.07, 6.45) is -3.05. The molecule has 2 aliphatic heterocycles. The predicted octanol–water partition coefficient (Wildman–Crippen LogP) is 1.95. The van der Waals surface area contributed by atoms with E-state index >= 15 is 0 Å². The first-order valence-corrected chi connectivity index (χ1v) is 14.5. The highest BCUT2D eigenvalue weighted by molar-refractivity contribution is 7.16. The number of esters is 1. The zero-order chi connectivity index (χ0) is 32.2. The number of carbonyl (C=O) groups excluding carboxylic acids is 5. The van der Waals surface area contributed by atoms with E-state index < -0.39 is 71.5 Å². The fourth-order valence-corrected chi connectivity index (χ4v) is 5.54. The molecule has 1 aromatic rings. The molecule has 0 aromatic carbocycles. The second-order valence-corrected chi connectivity index (χ2v) is 12.7. The van der Waals surface area contributed by atoms with Gasteiger partial charge >= 0.3 is 34.0 Å². The van der Waals surface area contributed by atoms with E-state index in [9.17, 15) is 24.0 Å². The first-order chi connectivity index (χ1) is 20.1. The summed E-state index contributed by atoms with van der Waals surface area (Å²) in [5.74, 6) is -5.59. The number of hydrogen-bond donors (Lipinski definition) is 0. The van der Waals surface area contributed by atoms with Crippen LogP contribution in [0, 0.1) is 11.8 Å². The van der Waals surface area contributed by atoms with E-state index in [0.29, 0.717) is 0 Å². The number of β-lactam (4-membered cyclic amide) rings is 1. The average molecular weight is 654 g/mol. The normalized spacial score (nSPS) is 19.4. The van der Waals surface area contributed by atoms with Crippen LogP contribution in [-0.4, -0.2) is 91.7 Å². The summed E-state index contributed by atoms with van der Waals surface area (Å²) in [4.78, 5) is 74.2. The minimum Gasteiger partial charge on any atom is -0.541 e. The van der Waals surface area contributed by atoms with E-state index in [4.69, 9.17) is 53.6 Å². The van der Waals surface area contributed by atoms with Gasteiger partial charge in [-0.25, -0.2) is 14.6 Å². The smallest absolute Gasteiger partial charge is 0.378 e. The van der Waals surface area contributed by atoms with Crippen LogP contribution < -0.4 is 0 Å². The third-order valence-electron chi connectivity index (χ3n) is 6.07. The molecule has 0 unspecified atom stereocenters. The summed E-state index contributed by atoms with van der Waals surface area (Å²) in [6.45, 7) is 8.26. The topological polar surface area (TPSA) is 160 Å². The number of rotatable bonds is 12. The summed E-state index contributed by atoms with van der Waals surface area (Å²) < 4.78 is 19.6. The number of nitrogens with zero attached hydrogens (tertiary/aromatic N) is 3. The van der Waals surface area contributed by atoms with Crippen molar-refractivity contribution in [3.05, 3.63) is 26.3 Å². The van der Waals surface area contributed by atoms with Gasteiger partial charge in [0.05, 0.1) is 18.9 Å². The maximum atomic E-state index is 13.6. The quantitative estimate of drug-likeness (QED) is 0.0810. The van der Waals surface area contributed by atoms with Crippen molar-refractivity contribution in [3.8, 4) is 0 Å². The number of thiazole rings is 1. The fraction of sp³-hybridized carbons (Fsp3) is 0.560. The van der Waals surface area contributed by atoms with Crippen molar-refractivity contribution in [3.63, 3.8) is 0 Å². The number of amides is 1. The Bertz CT molecular complexity index is 1360. The number of hydrogen-bond acceptors (Lipinski definition) is 13. The number of alkyl halides is 1. The Morgan fingerprint density at radius 3 is 2.44 bits per heavy atom. The number of fused-ring (bicyclic) bond motifs is 1. The number of halogens is 2. The molecule has 1 amide bonds. The number of oxime groups is 1. The van der Waals surface area contributed by atoms with Gasteiger partial charge < -0.3 is 23.6 Å². The van der Waals surface area contributed by atoms with Gasteiger partial charge in [0.2, 0.25) is 12.0 Å². The average Bonchev–Trinajstić information content (AvgIpc) is 3.29. The standard InChI is InChI=1S/C25H27B2Cl2N3O10S/c1-10(2)19(24(37)41-27)42-31-16(17-20(29)43-14(30-17)7-15(34)39-25(3,4)5)13(33)6-12-21(35)32-18(23(36)40-26)11(8-28)9-38-22(12)32/h10,12,19,22H,6-9H2,1-5H3/b31-16-/t12-,19+,22-/m1/s1. The van der Waals surface area contributed by atoms with Crippen molar-refractivity contribution in [1.29, 1.82) is 0 Å². The molecule has 18 heteroatoms. The highest BCUT2D eigenvalue weighted by atomic mass is 35.5. The lowest BCUT2D eigenvalue weighted by Gasteiger charge is -2.49. The fourth-order valence-electron chi connectivity index (χ4n) is 4.17. The van der Waals surface area contributed by atoms with Crippen LogP contribution >= 0.6 is 34.5 Å². The van der Waals surface area contributed by atoms with Crippen molar-refractivity contribution < 1.29 is 47.6 Å². The molecule has 3 heterocycles. The van der Waals surface area contributed by atoms with Gasteiger partial charge in [0, 0.05) is 23.8 Å². The molecule has 228 valence electrons. The largest absolute Gasteiger partial charge is 0.541 e. The van der Waals surface area contributed by atoms with Gasteiger partial charge in [-0.3, -0.25) is 19.3 Å².